The number of hydrogen-bond donors (Lipinski definition) is 3. The number of carbonyl (C=O) groups excluding carboxylic acids is 2. The number of rotatable bonds is 10. The van der Waals surface area contributed by atoms with Gasteiger partial charge in [-0.05, 0) is 29.7 Å². The van der Waals surface area contributed by atoms with Gasteiger partial charge in [0.2, 0.25) is 10.0 Å². The van der Waals surface area contributed by atoms with E-state index in [9.17, 15) is 22.8 Å². The van der Waals surface area contributed by atoms with Crippen LogP contribution in [0.2, 0.25) is 0 Å². The van der Waals surface area contributed by atoms with Gasteiger partial charge in [-0.15, -0.1) is 0 Å². The average molecular weight is 529 g/mol. The van der Waals surface area contributed by atoms with Gasteiger partial charge in [0.05, 0.1) is 17.6 Å². The van der Waals surface area contributed by atoms with Crippen molar-refractivity contribution >= 4 is 27.9 Å². The van der Waals surface area contributed by atoms with Crippen molar-refractivity contribution in [3.8, 4) is 0 Å². The number of hydrogen-bond acceptors (Lipinski definition) is 8. The molecule has 3 aromatic carbocycles. The van der Waals surface area contributed by atoms with Gasteiger partial charge in [0.15, 0.2) is 0 Å². The van der Waals surface area contributed by atoms with E-state index in [4.69, 9.17) is 15.6 Å². The van der Waals surface area contributed by atoms with Crippen LogP contribution in [-0.4, -0.2) is 51.1 Å². The standard InChI is InChI=1S/C16H17NO2.C10H11NO6S/c17-15(11-13-7-3-1-4-8-13)16(18)19-12-14-9-5-2-6-10-14;1-17-10(14)7-4-2-3-5-8(7)18(15,16)11-6-9(12)13/h1-10,15H,11-12,17H2;2-5,11H,6H2,1H3,(H,12,13)/t15-;/m0./s1. The highest BCUT2D eigenvalue weighted by Gasteiger charge is 2.23. The lowest BCUT2D eigenvalue weighted by atomic mass is 10.1. The van der Waals surface area contributed by atoms with E-state index in [0.717, 1.165) is 18.2 Å². The normalized spacial score (nSPS) is 11.4. The Bertz CT molecular complexity index is 1280. The van der Waals surface area contributed by atoms with Gasteiger partial charge in [-0.25, -0.2) is 13.2 Å². The number of esters is 2. The zero-order valence-corrected chi connectivity index (χ0v) is 20.9. The summed E-state index contributed by atoms with van der Waals surface area (Å²) in [7, 11) is -2.95. The second-order valence-electron chi connectivity index (χ2n) is 7.60. The van der Waals surface area contributed by atoms with Gasteiger partial charge in [-0.3, -0.25) is 9.59 Å². The minimum atomic E-state index is -4.07. The second kappa shape index (κ2) is 14.5. The third-order valence-electron chi connectivity index (χ3n) is 4.82. The number of sulfonamides is 1. The van der Waals surface area contributed by atoms with E-state index < -0.39 is 34.5 Å². The van der Waals surface area contributed by atoms with Crippen LogP contribution in [-0.2, 0) is 42.1 Å². The summed E-state index contributed by atoms with van der Waals surface area (Å²) < 4.78 is 35.1. The van der Waals surface area contributed by atoms with Crippen LogP contribution in [0.1, 0.15) is 21.5 Å². The van der Waals surface area contributed by atoms with Crippen LogP contribution in [0.25, 0.3) is 0 Å². The van der Waals surface area contributed by atoms with Crippen LogP contribution in [0.4, 0.5) is 0 Å². The third-order valence-corrected chi connectivity index (χ3v) is 6.28. The Hall–Kier alpha value is -4.06. The molecule has 11 heteroatoms. The van der Waals surface area contributed by atoms with Gasteiger partial charge in [0.1, 0.15) is 19.2 Å². The number of carboxylic acid groups (broad SMARTS) is 1. The number of carboxylic acids is 1. The maximum atomic E-state index is 11.8. The summed E-state index contributed by atoms with van der Waals surface area (Å²) >= 11 is 0. The smallest absolute Gasteiger partial charge is 0.339 e. The molecule has 10 nitrogen and oxygen atoms in total. The average Bonchev–Trinajstić information content (AvgIpc) is 2.91. The van der Waals surface area contributed by atoms with Crippen LogP contribution in [0, 0.1) is 0 Å². The SMILES string of the molecule is COC(=O)c1ccccc1S(=O)(=O)NCC(=O)O.N[C@@H](Cc1ccccc1)C(=O)OCc1ccccc1. The first-order valence-electron chi connectivity index (χ1n) is 11.0. The fourth-order valence-corrected chi connectivity index (χ4v) is 4.17. The lowest BCUT2D eigenvalue weighted by Crippen LogP contribution is -2.34. The van der Waals surface area contributed by atoms with Gasteiger partial charge >= 0.3 is 17.9 Å². The molecule has 0 saturated carbocycles. The molecule has 0 aliphatic heterocycles. The Balaban J connectivity index is 0.000000261. The molecule has 0 saturated heterocycles. The van der Waals surface area contributed by atoms with E-state index in [1.165, 1.54) is 24.3 Å². The molecule has 0 spiro atoms. The van der Waals surface area contributed by atoms with Crippen molar-refractivity contribution in [2.45, 2.75) is 24.0 Å². The van der Waals surface area contributed by atoms with Crippen LogP contribution in [0.5, 0.6) is 0 Å². The summed E-state index contributed by atoms with van der Waals surface area (Å²) in [6.45, 7) is -0.500. The highest BCUT2D eigenvalue weighted by Crippen LogP contribution is 2.16. The van der Waals surface area contributed by atoms with Gasteiger partial charge in [-0.1, -0.05) is 72.8 Å². The number of carbonyl (C=O) groups is 3. The largest absolute Gasteiger partial charge is 0.480 e. The maximum absolute atomic E-state index is 11.8. The van der Waals surface area contributed by atoms with E-state index in [0.29, 0.717) is 6.42 Å². The van der Waals surface area contributed by atoms with Crippen molar-refractivity contribution in [2.75, 3.05) is 13.7 Å². The summed E-state index contributed by atoms with van der Waals surface area (Å²) in [5.74, 6) is -2.51. The first-order valence-corrected chi connectivity index (χ1v) is 12.5. The van der Waals surface area contributed by atoms with Crippen molar-refractivity contribution in [1.82, 2.24) is 4.72 Å². The Morgan fingerprint density at radius 3 is 2.00 bits per heavy atom. The maximum Gasteiger partial charge on any atom is 0.339 e. The molecule has 0 aliphatic carbocycles. The third kappa shape index (κ3) is 9.84. The van der Waals surface area contributed by atoms with Crippen molar-refractivity contribution < 1.29 is 37.4 Å². The molecule has 0 bridgehead atoms. The molecule has 0 aromatic heterocycles. The molecule has 0 aliphatic rings. The molecule has 0 radical (unpaired) electrons. The number of nitrogens with one attached hydrogen (secondary N) is 1. The van der Waals surface area contributed by atoms with Gasteiger partial charge in [0, 0.05) is 0 Å². The van der Waals surface area contributed by atoms with Gasteiger partial charge in [0.25, 0.3) is 0 Å². The Morgan fingerprint density at radius 2 is 1.43 bits per heavy atom. The molecule has 1 atom stereocenters. The molecule has 196 valence electrons. The number of methoxy groups -OCH3 is 1. The summed E-state index contributed by atoms with van der Waals surface area (Å²) in [5.41, 5.74) is 7.68. The molecule has 0 fully saturated rings. The van der Waals surface area contributed by atoms with Crippen LogP contribution < -0.4 is 10.5 Å². The highest BCUT2D eigenvalue weighted by atomic mass is 32.2. The first kappa shape index (κ1) is 29.2. The quantitative estimate of drug-likeness (QED) is 0.335. The molecule has 4 N–H and O–H groups in total. The molecule has 3 rings (SSSR count). The van der Waals surface area contributed by atoms with E-state index in [1.807, 2.05) is 65.4 Å². The fraction of sp³-hybridized carbons (Fsp3) is 0.192. The Morgan fingerprint density at radius 1 is 0.892 bits per heavy atom. The summed E-state index contributed by atoms with van der Waals surface area (Å²) in [6, 6.07) is 24.0. The van der Waals surface area contributed by atoms with Crippen molar-refractivity contribution in [1.29, 1.82) is 0 Å². The number of aliphatic carboxylic acids is 1. The zero-order chi connectivity index (χ0) is 27.3. The second-order valence-corrected chi connectivity index (χ2v) is 9.33. The number of benzene rings is 3. The van der Waals surface area contributed by atoms with E-state index in [1.54, 1.807) is 0 Å². The number of nitrogens with two attached hydrogens (primary N) is 1. The van der Waals surface area contributed by atoms with Crippen LogP contribution >= 0.6 is 0 Å². The molecule has 37 heavy (non-hydrogen) atoms. The molecular weight excluding hydrogens is 500 g/mol. The Kier molecular flexibility index (Phi) is 11.4. The molecular formula is C26H28N2O8S. The van der Waals surface area contributed by atoms with E-state index in [-0.39, 0.29) is 23.0 Å². The molecule has 3 aromatic rings. The zero-order valence-electron chi connectivity index (χ0n) is 20.1. The van der Waals surface area contributed by atoms with Crippen molar-refractivity contribution in [3.05, 3.63) is 102 Å². The van der Waals surface area contributed by atoms with E-state index in [2.05, 4.69) is 4.74 Å². The minimum Gasteiger partial charge on any atom is -0.480 e. The van der Waals surface area contributed by atoms with Crippen LogP contribution in [0.15, 0.2) is 89.8 Å². The predicted molar refractivity (Wildman–Crippen MR) is 135 cm³/mol. The summed E-state index contributed by atoms with van der Waals surface area (Å²) in [5, 5.41) is 8.43. The van der Waals surface area contributed by atoms with Gasteiger partial charge in [-0.2, -0.15) is 4.72 Å². The minimum absolute atomic E-state index is 0.155. The number of ether oxygens (including phenoxy) is 2. The highest BCUT2D eigenvalue weighted by molar-refractivity contribution is 7.89. The summed E-state index contributed by atoms with van der Waals surface area (Å²) in [6.07, 6.45) is 0.495. The topological polar surface area (TPSA) is 162 Å². The lowest BCUT2D eigenvalue weighted by molar-refractivity contribution is -0.146. The van der Waals surface area contributed by atoms with Gasteiger partial charge < -0.3 is 20.3 Å². The fourth-order valence-electron chi connectivity index (χ4n) is 3.00. The summed E-state index contributed by atoms with van der Waals surface area (Å²) in [4.78, 5) is 33.2. The Labute approximate surface area is 215 Å². The van der Waals surface area contributed by atoms with Crippen molar-refractivity contribution in [3.63, 3.8) is 0 Å². The lowest BCUT2D eigenvalue weighted by Gasteiger charge is -2.11. The van der Waals surface area contributed by atoms with Crippen LogP contribution in [0.3, 0.4) is 0 Å². The van der Waals surface area contributed by atoms with Crippen molar-refractivity contribution in [2.24, 2.45) is 5.73 Å². The monoisotopic (exact) mass is 528 g/mol. The molecule has 0 unspecified atom stereocenters. The first-order chi connectivity index (χ1) is 17.6. The molecule has 0 heterocycles. The molecule has 0 amide bonds. The van der Waals surface area contributed by atoms with E-state index >= 15 is 0 Å². The predicted octanol–water partition coefficient (Wildman–Crippen LogP) is 2.14.